The molecule has 10 fully saturated rings. The fourth-order valence-electron chi connectivity index (χ4n) is 18.0. The van der Waals surface area contributed by atoms with Gasteiger partial charge in [0, 0.05) is 5.92 Å². The normalized spacial score (nSPS) is 54.3. The molecular formula is C50H85O4P. The Morgan fingerprint density at radius 2 is 0.945 bits per heavy atom. The zero-order valence-corrected chi connectivity index (χ0v) is 37.7. The third kappa shape index (κ3) is 7.66. The topological polar surface area (TPSA) is 77.8 Å². The van der Waals surface area contributed by atoms with Crippen molar-refractivity contribution in [2.45, 2.75) is 187 Å². The Kier molecular flexibility index (Phi) is 11.7. The van der Waals surface area contributed by atoms with Crippen LogP contribution in [-0.4, -0.2) is 51.7 Å². The Hall–Kier alpha value is -0.0200. The molecule has 0 bridgehead atoms. The van der Waals surface area contributed by atoms with Crippen LogP contribution in [0.4, 0.5) is 0 Å². The lowest BCUT2D eigenvalue weighted by Gasteiger charge is -2.58. The maximum Gasteiger partial charge on any atom is 0.133 e. The minimum absolute atomic E-state index is 0.135. The van der Waals surface area contributed by atoms with Crippen LogP contribution in [0.2, 0.25) is 0 Å². The van der Waals surface area contributed by atoms with Gasteiger partial charge in [-0.05, 0) is 269 Å². The molecule has 10 aliphatic carbocycles. The maximum absolute atomic E-state index is 12.5. The van der Waals surface area contributed by atoms with Crippen molar-refractivity contribution in [2.75, 3.05) is 13.3 Å². The second kappa shape index (κ2) is 15.5. The first-order valence-electron chi connectivity index (χ1n) is 24.2. The summed E-state index contributed by atoms with van der Waals surface area (Å²) >= 11 is 0. The fourth-order valence-corrected chi connectivity index (χ4v) is 18.0. The third-order valence-electron chi connectivity index (χ3n) is 20.2. The van der Waals surface area contributed by atoms with E-state index in [0.717, 1.165) is 117 Å². The zero-order chi connectivity index (χ0) is 39.2. The molecule has 0 radical (unpaired) electrons. The lowest BCUT2D eigenvalue weighted by molar-refractivity contribution is -0.131. The molecule has 5 heteroatoms. The zero-order valence-electron chi connectivity index (χ0n) is 36.7. The molecule has 0 aromatic carbocycles. The van der Waals surface area contributed by atoms with E-state index in [-0.39, 0.29) is 11.5 Å². The summed E-state index contributed by atoms with van der Waals surface area (Å²) in [6.45, 7) is 17.4. The number of ketones is 1. The van der Waals surface area contributed by atoms with Crippen molar-refractivity contribution in [3.63, 3.8) is 0 Å². The summed E-state index contributed by atoms with van der Waals surface area (Å²) in [5.74, 6) is 13.5. The molecule has 19 atom stereocenters. The number of hydrogen-bond acceptors (Lipinski definition) is 4. The summed E-state index contributed by atoms with van der Waals surface area (Å²) < 4.78 is 0. The Morgan fingerprint density at radius 3 is 1.38 bits per heavy atom. The maximum atomic E-state index is 12.5. The number of carbonyl (C=O) groups excluding carboxylic acids is 1. The molecule has 0 amide bonds. The first-order valence-corrected chi connectivity index (χ1v) is 26.2. The summed E-state index contributed by atoms with van der Waals surface area (Å²) in [5.41, 5.74) is -0.151. The summed E-state index contributed by atoms with van der Waals surface area (Å²) in [6, 6.07) is 0. The van der Waals surface area contributed by atoms with Gasteiger partial charge in [-0.15, -0.1) is 8.58 Å². The van der Waals surface area contributed by atoms with Gasteiger partial charge in [0.05, 0.1) is 17.3 Å². The van der Waals surface area contributed by atoms with Crippen molar-refractivity contribution in [3.05, 3.63) is 0 Å². The molecule has 3 N–H and O–H groups in total. The van der Waals surface area contributed by atoms with Crippen molar-refractivity contribution >= 4 is 14.4 Å². The monoisotopic (exact) mass is 781 g/mol. The number of fused-ring (bicyclic) bond motifs is 10. The first-order chi connectivity index (χ1) is 26.0. The second-order valence-corrected chi connectivity index (χ2v) is 24.8. The Labute approximate surface area is 339 Å². The summed E-state index contributed by atoms with van der Waals surface area (Å²) in [7, 11) is 1.08. The second-order valence-electron chi connectivity index (χ2n) is 23.8. The van der Waals surface area contributed by atoms with Crippen molar-refractivity contribution in [2.24, 2.45) is 106 Å². The van der Waals surface area contributed by atoms with Gasteiger partial charge in [0.1, 0.15) is 5.78 Å². The number of hydrogen-bond donors (Lipinski definition) is 3. The summed E-state index contributed by atoms with van der Waals surface area (Å²) in [4.78, 5) is 12.5. The van der Waals surface area contributed by atoms with Crippen LogP contribution in [0.3, 0.4) is 0 Å². The van der Waals surface area contributed by atoms with E-state index in [4.69, 9.17) is 0 Å². The van der Waals surface area contributed by atoms with E-state index in [0.29, 0.717) is 23.0 Å². The van der Waals surface area contributed by atoms with Gasteiger partial charge < -0.3 is 15.3 Å². The van der Waals surface area contributed by atoms with Gasteiger partial charge in [-0.3, -0.25) is 4.79 Å². The molecule has 0 saturated heterocycles. The molecule has 314 valence electrons. The van der Waals surface area contributed by atoms with E-state index in [2.05, 4.69) is 47.9 Å². The molecule has 0 heterocycles. The van der Waals surface area contributed by atoms with Crippen molar-refractivity contribution in [3.8, 4) is 0 Å². The molecule has 1 unspecified atom stereocenters. The van der Waals surface area contributed by atoms with Crippen LogP contribution >= 0.6 is 8.58 Å². The average Bonchev–Trinajstić information content (AvgIpc) is 4.06. The van der Waals surface area contributed by atoms with Crippen molar-refractivity contribution in [1.82, 2.24) is 0 Å². The first kappa shape index (κ1) is 41.7. The molecule has 55 heavy (non-hydrogen) atoms. The molecule has 0 aromatic rings. The number of aliphatic hydroxyl groups excluding tert-OH is 1. The molecular weight excluding hydrogens is 696 g/mol. The van der Waals surface area contributed by atoms with E-state index in [9.17, 15) is 20.1 Å². The largest absolute Gasteiger partial charge is 0.393 e. The van der Waals surface area contributed by atoms with Gasteiger partial charge in [-0.1, -0.05) is 13.8 Å². The predicted molar refractivity (Wildman–Crippen MR) is 228 cm³/mol. The Bertz CT molecular complexity index is 1370. The van der Waals surface area contributed by atoms with Gasteiger partial charge in [-0.2, -0.15) is 0 Å². The van der Waals surface area contributed by atoms with E-state index in [1.807, 2.05) is 6.92 Å². The van der Waals surface area contributed by atoms with E-state index >= 15 is 0 Å². The number of Topliss-reactive ketones (excluding diaryl/α,β-unsaturated/α-hetero) is 1. The van der Waals surface area contributed by atoms with Gasteiger partial charge in [0.2, 0.25) is 0 Å². The molecule has 0 aliphatic heterocycles. The third-order valence-corrected chi connectivity index (χ3v) is 20.2. The van der Waals surface area contributed by atoms with Crippen LogP contribution in [0.25, 0.3) is 0 Å². The van der Waals surface area contributed by atoms with Gasteiger partial charge in [0.25, 0.3) is 0 Å². The van der Waals surface area contributed by atoms with Crippen LogP contribution in [0.1, 0.15) is 170 Å². The van der Waals surface area contributed by atoms with Gasteiger partial charge in [-0.25, -0.2) is 0 Å². The quantitative estimate of drug-likeness (QED) is 0.248. The van der Waals surface area contributed by atoms with Crippen molar-refractivity contribution in [1.29, 1.82) is 0 Å². The number of rotatable bonds is 4. The minimum atomic E-state index is -0.416. The van der Waals surface area contributed by atoms with Gasteiger partial charge in [0.15, 0.2) is 0 Å². The van der Waals surface area contributed by atoms with Crippen LogP contribution in [0.5, 0.6) is 0 Å². The highest BCUT2D eigenvalue weighted by Gasteiger charge is 2.65. The van der Waals surface area contributed by atoms with Gasteiger partial charge >= 0.3 is 0 Å². The molecule has 10 rings (SSSR count). The highest BCUT2D eigenvalue weighted by Crippen LogP contribution is 2.71. The summed E-state index contributed by atoms with van der Waals surface area (Å²) in [6.07, 6.45) is 25.5. The lowest BCUT2D eigenvalue weighted by atomic mass is 9.48. The Balaban J connectivity index is 0.000000145. The van der Waals surface area contributed by atoms with E-state index in [1.54, 1.807) is 0 Å². The average molecular weight is 781 g/mol. The standard InChI is InChI=1S/C24H40O2.C24H38O2.C2H7P/c2*1-14(25)21-12-20(15-4-5-15)22-19-7-6-16-13-23(2,26)10-8-17(16)18(19)9-11-24(21,22)3;1-3-2/h14-22,25-26H,4-13H2,1-3H3;15-22,26H,4-13H2,1-3H3;3H,1-2H3/t14?,16-,17+,18-,19-,20+,21-,22-,23-,24-;16-,17+,18-,19-,20+,21-,22-,23-,24-;/m11./s1. The number of carbonyl (C=O) groups is 1. The lowest BCUT2D eigenvalue weighted by Crippen LogP contribution is -2.52. The van der Waals surface area contributed by atoms with Crippen LogP contribution in [0.15, 0.2) is 0 Å². The van der Waals surface area contributed by atoms with Crippen LogP contribution in [0, 0.1) is 106 Å². The molecule has 0 spiro atoms. The molecule has 10 aliphatic rings. The Morgan fingerprint density at radius 1 is 0.545 bits per heavy atom. The highest BCUT2D eigenvalue weighted by molar-refractivity contribution is 7.35. The minimum Gasteiger partial charge on any atom is -0.393 e. The predicted octanol–water partition coefficient (Wildman–Crippen LogP) is 11.2. The smallest absolute Gasteiger partial charge is 0.133 e. The highest BCUT2D eigenvalue weighted by atomic mass is 31.1. The molecule has 10 saturated carbocycles. The number of aliphatic hydroxyl groups is 3. The SMILES string of the molecule is CC(=O)[C@H]1C[C@@H](C2CC2)[C@H]2[C@@H]3CC[C@@H]4C[C@](C)(O)CC[C@@H]4[C@H]3CC[C@@]21C.CC(O)[C@H]1C[C@@H](C2CC2)[C@H]2[C@@H]3CC[C@@H]4C[C@](C)(O)CC[C@@H]4[C@H]3CC[C@@]21C.CPC. The van der Waals surface area contributed by atoms with Crippen LogP contribution < -0.4 is 0 Å². The van der Waals surface area contributed by atoms with Crippen molar-refractivity contribution < 1.29 is 20.1 Å². The molecule has 0 aromatic heterocycles. The van der Waals surface area contributed by atoms with Crippen LogP contribution in [-0.2, 0) is 4.79 Å². The van der Waals surface area contributed by atoms with E-state index < -0.39 is 11.2 Å². The fraction of sp³-hybridized carbons (Fsp3) is 0.980. The summed E-state index contributed by atoms with van der Waals surface area (Å²) in [5, 5.41) is 31.8. The van der Waals surface area contributed by atoms with E-state index in [1.165, 1.54) is 103 Å². The molecule has 4 nitrogen and oxygen atoms in total.